The van der Waals surface area contributed by atoms with Gasteiger partial charge in [-0.3, -0.25) is 0 Å². The van der Waals surface area contributed by atoms with Crippen LogP contribution in [0.2, 0.25) is 0 Å². The predicted octanol–water partition coefficient (Wildman–Crippen LogP) is 3.08. The van der Waals surface area contributed by atoms with Crippen molar-refractivity contribution in [3.05, 3.63) is 0 Å². The van der Waals surface area contributed by atoms with Crippen molar-refractivity contribution in [1.29, 1.82) is 0 Å². The van der Waals surface area contributed by atoms with Gasteiger partial charge in [0.2, 0.25) is 0 Å². The van der Waals surface area contributed by atoms with Crippen molar-refractivity contribution in [1.82, 2.24) is 0 Å². The molecule has 1 rings (SSSR count). The van der Waals surface area contributed by atoms with E-state index in [1.54, 1.807) is 0 Å². The van der Waals surface area contributed by atoms with Crippen molar-refractivity contribution in [2.45, 2.75) is 64.3 Å². The summed E-state index contributed by atoms with van der Waals surface area (Å²) in [5.41, 5.74) is 6.29. The minimum Gasteiger partial charge on any atom is -0.325 e. The Morgan fingerprint density at radius 1 is 1.08 bits per heavy atom. The monoisotopic (exact) mass is 169 g/mol. The lowest BCUT2D eigenvalue weighted by molar-refractivity contribution is 0.379. The van der Waals surface area contributed by atoms with Crippen molar-refractivity contribution in [2.24, 2.45) is 11.7 Å². The molecule has 0 spiro atoms. The Balaban J connectivity index is 2.37. The Bertz CT molecular complexity index is 129. The molecule has 0 aromatic heterocycles. The van der Waals surface area contributed by atoms with Gasteiger partial charge >= 0.3 is 0 Å². The normalized spacial score (nSPS) is 39.8. The smallest absolute Gasteiger partial charge is 0.0125 e. The van der Waals surface area contributed by atoms with Crippen molar-refractivity contribution in [3.63, 3.8) is 0 Å². The lowest BCUT2D eigenvalue weighted by Crippen LogP contribution is -2.35. The molecule has 0 amide bonds. The van der Waals surface area contributed by atoms with Gasteiger partial charge in [-0.15, -0.1) is 0 Å². The van der Waals surface area contributed by atoms with E-state index in [0.29, 0.717) is 0 Å². The zero-order chi connectivity index (χ0) is 9.03. The summed E-state index contributed by atoms with van der Waals surface area (Å²) in [5.74, 6) is 0.930. The second kappa shape index (κ2) is 4.27. The summed E-state index contributed by atoms with van der Waals surface area (Å²) in [7, 11) is 0. The topological polar surface area (TPSA) is 26.0 Å². The minimum absolute atomic E-state index is 0.129. The van der Waals surface area contributed by atoms with Gasteiger partial charge in [0.15, 0.2) is 0 Å². The molecule has 1 fully saturated rings. The summed E-state index contributed by atoms with van der Waals surface area (Å²) in [6, 6.07) is 0. The maximum Gasteiger partial charge on any atom is 0.0125 e. The van der Waals surface area contributed by atoms with Gasteiger partial charge in [0, 0.05) is 5.54 Å². The SMILES string of the molecule is CC1CCCCC(C)(N)CCC1. The van der Waals surface area contributed by atoms with E-state index in [4.69, 9.17) is 5.73 Å². The van der Waals surface area contributed by atoms with Crippen LogP contribution in [0.4, 0.5) is 0 Å². The average molecular weight is 169 g/mol. The van der Waals surface area contributed by atoms with E-state index in [1.807, 2.05) is 0 Å². The molecule has 1 saturated carbocycles. The van der Waals surface area contributed by atoms with Crippen LogP contribution in [-0.4, -0.2) is 5.54 Å². The molecule has 0 bridgehead atoms. The third-order valence-corrected chi connectivity index (χ3v) is 3.14. The van der Waals surface area contributed by atoms with E-state index in [0.717, 1.165) is 5.92 Å². The first-order valence-corrected chi connectivity index (χ1v) is 5.39. The third kappa shape index (κ3) is 3.57. The van der Waals surface area contributed by atoms with E-state index < -0.39 is 0 Å². The van der Waals surface area contributed by atoms with Crippen molar-refractivity contribution >= 4 is 0 Å². The zero-order valence-electron chi connectivity index (χ0n) is 8.60. The molecule has 0 aromatic rings. The van der Waals surface area contributed by atoms with Crippen LogP contribution >= 0.6 is 0 Å². The predicted molar refractivity (Wildman–Crippen MR) is 54.1 cm³/mol. The standard InChI is InChI=1S/C11H23N/c1-10-6-3-4-8-11(2,12)9-5-7-10/h10H,3-9,12H2,1-2H3. The van der Waals surface area contributed by atoms with E-state index in [2.05, 4.69) is 13.8 Å². The summed E-state index contributed by atoms with van der Waals surface area (Å²) in [5, 5.41) is 0. The summed E-state index contributed by atoms with van der Waals surface area (Å²) in [4.78, 5) is 0. The van der Waals surface area contributed by atoms with Crippen LogP contribution in [0.15, 0.2) is 0 Å². The second-order valence-corrected chi connectivity index (χ2v) is 4.90. The van der Waals surface area contributed by atoms with Gasteiger partial charge in [0.25, 0.3) is 0 Å². The molecule has 1 heteroatoms. The fourth-order valence-electron chi connectivity index (χ4n) is 2.15. The molecular weight excluding hydrogens is 146 g/mol. The summed E-state index contributed by atoms with van der Waals surface area (Å²) in [6.07, 6.45) is 9.28. The molecule has 1 aliphatic carbocycles. The van der Waals surface area contributed by atoms with E-state index in [9.17, 15) is 0 Å². The highest BCUT2D eigenvalue weighted by molar-refractivity contribution is 4.79. The van der Waals surface area contributed by atoms with Crippen molar-refractivity contribution in [2.75, 3.05) is 0 Å². The third-order valence-electron chi connectivity index (χ3n) is 3.14. The van der Waals surface area contributed by atoms with Crippen LogP contribution in [0.3, 0.4) is 0 Å². The fraction of sp³-hybridized carbons (Fsp3) is 1.00. The fourth-order valence-corrected chi connectivity index (χ4v) is 2.15. The van der Waals surface area contributed by atoms with Crippen LogP contribution < -0.4 is 5.73 Å². The summed E-state index contributed by atoms with van der Waals surface area (Å²) >= 11 is 0. The van der Waals surface area contributed by atoms with Gasteiger partial charge in [-0.25, -0.2) is 0 Å². The summed E-state index contributed by atoms with van der Waals surface area (Å²) < 4.78 is 0. The van der Waals surface area contributed by atoms with E-state index >= 15 is 0 Å². The Kier molecular flexibility index (Phi) is 3.57. The molecule has 12 heavy (non-hydrogen) atoms. The van der Waals surface area contributed by atoms with Crippen LogP contribution in [0.1, 0.15) is 58.8 Å². The molecule has 2 atom stereocenters. The minimum atomic E-state index is 0.129. The average Bonchev–Trinajstić information content (AvgIpc) is 2.02. The molecule has 2 unspecified atom stereocenters. The van der Waals surface area contributed by atoms with Gasteiger partial charge in [-0.1, -0.05) is 39.0 Å². The Hall–Kier alpha value is -0.0400. The second-order valence-electron chi connectivity index (χ2n) is 4.90. The van der Waals surface area contributed by atoms with Gasteiger partial charge in [-0.2, -0.15) is 0 Å². The highest BCUT2D eigenvalue weighted by Crippen LogP contribution is 2.25. The Labute approximate surface area is 76.7 Å². The lowest BCUT2D eigenvalue weighted by atomic mass is 9.91. The molecule has 0 heterocycles. The zero-order valence-corrected chi connectivity index (χ0v) is 8.60. The Morgan fingerprint density at radius 3 is 2.42 bits per heavy atom. The lowest BCUT2D eigenvalue weighted by Gasteiger charge is -2.23. The van der Waals surface area contributed by atoms with E-state index in [1.165, 1.54) is 44.9 Å². The van der Waals surface area contributed by atoms with Crippen LogP contribution in [0.25, 0.3) is 0 Å². The molecule has 1 nitrogen and oxygen atoms in total. The first-order chi connectivity index (χ1) is 5.60. The maximum absolute atomic E-state index is 6.16. The van der Waals surface area contributed by atoms with Gasteiger partial charge < -0.3 is 5.73 Å². The molecule has 0 aliphatic heterocycles. The maximum atomic E-state index is 6.16. The highest BCUT2D eigenvalue weighted by atomic mass is 14.7. The van der Waals surface area contributed by atoms with Crippen molar-refractivity contribution in [3.8, 4) is 0 Å². The summed E-state index contributed by atoms with van der Waals surface area (Å²) in [6.45, 7) is 4.59. The molecule has 0 aromatic carbocycles. The van der Waals surface area contributed by atoms with Gasteiger partial charge in [-0.05, 0) is 25.7 Å². The number of hydrogen-bond donors (Lipinski definition) is 1. The van der Waals surface area contributed by atoms with Crippen LogP contribution in [0.5, 0.6) is 0 Å². The van der Waals surface area contributed by atoms with Crippen molar-refractivity contribution < 1.29 is 0 Å². The first kappa shape index (κ1) is 10.0. The molecule has 0 radical (unpaired) electrons. The van der Waals surface area contributed by atoms with Crippen LogP contribution in [0, 0.1) is 5.92 Å². The number of hydrogen-bond acceptors (Lipinski definition) is 1. The molecule has 2 N–H and O–H groups in total. The van der Waals surface area contributed by atoms with Gasteiger partial charge in [0.05, 0.1) is 0 Å². The number of nitrogens with two attached hydrogens (primary N) is 1. The highest BCUT2D eigenvalue weighted by Gasteiger charge is 2.19. The van der Waals surface area contributed by atoms with Crippen LogP contribution in [-0.2, 0) is 0 Å². The first-order valence-electron chi connectivity index (χ1n) is 5.39. The molecular formula is C11H23N. The molecule has 1 aliphatic rings. The van der Waals surface area contributed by atoms with E-state index in [-0.39, 0.29) is 5.54 Å². The quantitative estimate of drug-likeness (QED) is 0.592. The molecule has 0 saturated heterocycles. The number of rotatable bonds is 0. The molecule has 72 valence electrons. The largest absolute Gasteiger partial charge is 0.325 e. The van der Waals surface area contributed by atoms with Gasteiger partial charge in [0.1, 0.15) is 0 Å². The Morgan fingerprint density at radius 2 is 1.67 bits per heavy atom.